The van der Waals surface area contributed by atoms with Crippen molar-refractivity contribution in [3.8, 4) is 0 Å². The van der Waals surface area contributed by atoms with Crippen LogP contribution in [0.2, 0.25) is 0 Å². The van der Waals surface area contributed by atoms with Crippen LogP contribution in [0, 0.1) is 0 Å². The minimum atomic E-state index is -1.21. The van der Waals surface area contributed by atoms with Crippen molar-refractivity contribution in [1.29, 1.82) is 0 Å². The average Bonchev–Trinajstić information content (AvgIpc) is 2.95. The summed E-state index contributed by atoms with van der Waals surface area (Å²) in [5.41, 5.74) is 0. The van der Waals surface area contributed by atoms with Crippen LogP contribution in [0.25, 0.3) is 0 Å². The second-order valence-corrected chi connectivity index (χ2v) is 10.9. The molecular weight excluding hydrogens is 610 g/mol. The molecule has 2 N–H and O–H groups in total. The zero-order valence-electron chi connectivity index (χ0n) is 28.1. The van der Waals surface area contributed by atoms with E-state index in [-0.39, 0.29) is 32.1 Å². The van der Waals surface area contributed by atoms with Crippen LogP contribution < -0.4 is 5.32 Å². The number of aliphatic carboxylic acids is 1. The van der Waals surface area contributed by atoms with Gasteiger partial charge in [0.05, 0.1) is 52.4 Å². The van der Waals surface area contributed by atoms with E-state index in [1.807, 2.05) is 0 Å². The van der Waals surface area contributed by atoms with E-state index < -0.39 is 80.0 Å². The minimum absolute atomic E-state index is 0.0531. The maximum atomic E-state index is 12.7. The molecular formula is C27H47N9O10. The van der Waals surface area contributed by atoms with E-state index in [1.54, 1.807) is 7.05 Å². The molecule has 0 atom stereocenters. The molecule has 0 saturated carbocycles. The summed E-state index contributed by atoms with van der Waals surface area (Å²) in [7, 11) is 12.4. The highest BCUT2D eigenvalue weighted by Crippen LogP contribution is 1.99. The first-order chi connectivity index (χ1) is 21.2. The van der Waals surface area contributed by atoms with Gasteiger partial charge in [-0.05, 0) is 7.05 Å². The van der Waals surface area contributed by atoms with Crippen molar-refractivity contribution < 1.29 is 48.3 Å². The molecule has 19 heteroatoms. The molecule has 0 rings (SSSR count). The van der Waals surface area contributed by atoms with Crippen molar-refractivity contribution in [1.82, 2.24) is 44.5 Å². The normalized spacial score (nSPS) is 10.3. The van der Waals surface area contributed by atoms with Gasteiger partial charge >= 0.3 is 5.97 Å². The topological polar surface area (TPSA) is 212 Å². The molecule has 8 amide bonds. The Morgan fingerprint density at radius 3 is 0.717 bits per heavy atom. The van der Waals surface area contributed by atoms with Crippen LogP contribution in [-0.4, -0.2) is 220 Å². The lowest BCUT2D eigenvalue weighted by atomic mass is 10.3. The molecule has 260 valence electrons. The Morgan fingerprint density at radius 2 is 0.543 bits per heavy atom. The molecule has 0 aliphatic rings. The first kappa shape index (κ1) is 41.2. The number of rotatable bonds is 18. The van der Waals surface area contributed by atoms with Crippen LogP contribution in [0.1, 0.15) is 0 Å². The number of nitrogens with zero attached hydrogens (tertiary/aromatic N) is 8. The van der Waals surface area contributed by atoms with E-state index in [1.165, 1.54) is 61.3 Å². The predicted molar refractivity (Wildman–Crippen MR) is 163 cm³/mol. The van der Waals surface area contributed by atoms with Crippen molar-refractivity contribution in [3.05, 3.63) is 0 Å². The standard InChI is InChI=1S/C27H47N9O10/c1-28-10-19(37)29(2)11-20(38)30(3)12-21(39)31(4)13-22(40)32(5)14-23(41)33(6)15-24(42)34(7)16-25(43)35(8)17-26(44)36(9)18-27(45)46/h28H,10-18H2,1-9H3,(H,45,46). The summed E-state index contributed by atoms with van der Waals surface area (Å²) in [6, 6.07) is 0. The highest BCUT2D eigenvalue weighted by atomic mass is 16.4. The molecule has 0 saturated heterocycles. The molecule has 0 spiro atoms. The Kier molecular flexibility index (Phi) is 17.5. The molecule has 0 bridgehead atoms. The van der Waals surface area contributed by atoms with Gasteiger partial charge < -0.3 is 49.6 Å². The lowest BCUT2D eigenvalue weighted by molar-refractivity contribution is -0.147. The molecule has 46 heavy (non-hydrogen) atoms. The van der Waals surface area contributed by atoms with Crippen molar-refractivity contribution >= 4 is 53.2 Å². The fourth-order valence-corrected chi connectivity index (χ4v) is 3.46. The number of carbonyl (C=O) groups excluding carboxylic acids is 8. The smallest absolute Gasteiger partial charge is 0.323 e. The molecule has 0 aliphatic heterocycles. The molecule has 0 aromatic rings. The third kappa shape index (κ3) is 14.8. The first-order valence-electron chi connectivity index (χ1n) is 14.0. The van der Waals surface area contributed by atoms with Gasteiger partial charge in [0, 0.05) is 56.4 Å². The number of nitrogens with one attached hydrogen (secondary N) is 1. The summed E-state index contributed by atoms with van der Waals surface area (Å²) < 4.78 is 0. The Hall–Kier alpha value is -4.81. The summed E-state index contributed by atoms with van der Waals surface area (Å²) in [5.74, 6) is -5.49. The summed E-state index contributed by atoms with van der Waals surface area (Å²) >= 11 is 0. The maximum Gasteiger partial charge on any atom is 0.323 e. The SMILES string of the molecule is CNCC(=O)N(C)CC(=O)N(C)CC(=O)N(C)CC(=O)N(C)CC(=O)N(C)CC(=O)N(C)CC(=O)N(C)CC(=O)N(C)CC(=O)O. The number of hydrogen-bond donors (Lipinski definition) is 2. The van der Waals surface area contributed by atoms with Gasteiger partial charge in [-0.1, -0.05) is 0 Å². The van der Waals surface area contributed by atoms with E-state index in [4.69, 9.17) is 5.11 Å². The lowest BCUT2D eigenvalue weighted by Gasteiger charge is -2.27. The monoisotopic (exact) mass is 657 g/mol. The zero-order valence-corrected chi connectivity index (χ0v) is 28.1. The van der Waals surface area contributed by atoms with Crippen LogP contribution in [-0.2, 0) is 43.2 Å². The second kappa shape index (κ2) is 19.6. The van der Waals surface area contributed by atoms with Gasteiger partial charge in [-0.3, -0.25) is 43.2 Å². The lowest BCUT2D eigenvalue weighted by Crippen LogP contribution is -2.49. The van der Waals surface area contributed by atoms with Crippen LogP contribution >= 0.6 is 0 Å². The van der Waals surface area contributed by atoms with E-state index in [0.717, 1.165) is 34.3 Å². The fraction of sp³-hybridized carbons (Fsp3) is 0.667. The first-order valence-corrected chi connectivity index (χ1v) is 14.0. The summed E-state index contributed by atoms with van der Waals surface area (Å²) in [5, 5.41) is 11.5. The second-order valence-electron chi connectivity index (χ2n) is 10.9. The summed E-state index contributed by atoms with van der Waals surface area (Å²) in [6.45, 7) is -3.06. The Labute approximate surface area is 268 Å². The zero-order chi connectivity index (χ0) is 35.9. The number of carbonyl (C=O) groups is 9. The quantitative estimate of drug-likeness (QED) is 0.142. The Morgan fingerprint density at radius 1 is 0.370 bits per heavy atom. The summed E-state index contributed by atoms with van der Waals surface area (Å²) in [4.78, 5) is 119. The Balaban J connectivity index is 4.80. The van der Waals surface area contributed by atoms with E-state index >= 15 is 0 Å². The van der Waals surface area contributed by atoms with E-state index in [0.29, 0.717) is 0 Å². The van der Waals surface area contributed by atoms with Gasteiger partial charge in [0.2, 0.25) is 47.3 Å². The van der Waals surface area contributed by atoms with Crippen molar-refractivity contribution in [2.24, 2.45) is 0 Å². The van der Waals surface area contributed by atoms with E-state index in [9.17, 15) is 43.2 Å². The van der Waals surface area contributed by atoms with Crippen LogP contribution in [0.4, 0.5) is 0 Å². The van der Waals surface area contributed by atoms with Gasteiger partial charge in [0.15, 0.2) is 0 Å². The fourth-order valence-electron chi connectivity index (χ4n) is 3.46. The molecule has 19 nitrogen and oxygen atoms in total. The number of hydrogen-bond acceptors (Lipinski definition) is 10. The van der Waals surface area contributed by atoms with E-state index in [2.05, 4.69) is 5.32 Å². The highest BCUT2D eigenvalue weighted by molar-refractivity contribution is 5.93. The number of likely N-dealkylation sites (N-methyl/N-ethyl adjacent to an activating group) is 9. The third-order valence-corrected chi connectivity index (χ3v) is 6.71. The van der Waals surface area contributed by atoms with Gasteiger partial charge in [-0.15, -0.1) is 0 Å². The third-order valence-electron chi connectivity index (χ3n) is 6.71. The molecule has 0 aromatic carbocycles. The molecule has 0 aliphatic carbocycles. The van der Waals surface area contributed by atoms with Crippen LogP contribution in [0.5, 0.6) is 0 Å². The predicted octanol–water partition coefficient (Wildman–Crippen LogP) is -5.04. The van der Waals surface area contributed by atoms with Crippen molar-refractivity contribution in [2.75, 3.05) is 122 Å². The maximum absolute atomic E-state index is 12.7. The van der Waals surface area contributed by atoms with Gasteiger partial charge in [-0.25, -0.2) is 0 Å². The minimum Gasteiger partial charge on any atom is -0.480 e. The molecule has 0 unspecified atom stereocenters. The Bertz CT molecular complexity index is 1160. The average molecular weight is 658 g/mol. The molecule has 0 aromatic heterocycles. The van der Waals surface area contributed by atoms with Gasteiger partial charge in [0.1, 0.15) is 6.54 Å². The molecule has 0 heterocycles. The summed E-state index contributed by atoms with van der Waals surface area (Å²) in [6.07, 6.45) is 0. The highest BCUT2D eigenvalue weighted by Gasteiger charge is 2.25. The van der Waals surface area contributed by atoms with Crippen LogP contribution in [0.15, 0.2) is 0 Å². The molecule has 0 radical (unpaired) electrons. The van der Waals surface area contributed by atoms with Gasteiger partial charge in [0.25, 0.3) is 0 Å². The molecule has 0 fully saturated rings. The van der Waals surface area contributed by atoms with Crippen molar-refractivity contribution in [2.45, 2.75) is 0 Å². The number of carboxylic acid groups (broad SMARTS) is 1. The van der Waals surface area contributed by atoms with Gasteiger partial charge in [-0.2, -0.15) is 0 Å². The van der Waals surface area contributed by atoms with Crippen molar-refractivity contribution in [3.63, 3.8) is 0 Å². The number of amides is 8. The largest absolute Gasteiger partial charge is 0.480 e. The number of carboxylic acids is 1. The van der Waals surface area contributed by atoms with Crippen LogP contribution in [0.3, 0.4) is 0 Å².